The van der Waals surface area contributed by atoms with Gasteiger partial charge in [-0.15, -0.1) is 0 Å². The van der Waals surface area contributed by atoms with E-state index in [9.17, 15) is 9.18 Å². The Labute approximate surface area is 172 Å². The first kappa shape index (κ1) is 22.5. The number of methoxy groups -OCH3 is 1. The molecule has 0 atom stereocenters. The second-order valence-electron chi connectivity index (χ2n) is 6.69. The van der Waals surface area contributed by atoms with Gasteiger partial charge < -0.3 is 4.74 Å². The topological polar surface area (TPSA) is 39.2 Å². The Balaban J connectivity index is 0.00000145. The van der Waals surface area contributed by atoms with Crippen LogP contribution in [0.3, 0.4) is 0 Å². The largest absolute Gasteiger partial charge is 0.494 e. The highest BCUT2D eigenvalue weighted by atomic mass is 19.1. The van der Waals surface area contributed by atoms with Crippen LogP contribution in [-0.4, -0.2) is 17.9 Å². The van der Waals surface area contributed by atoms with Crippen LogP contribution >= 0.6 is 0 Å². The summed E-state index contributed by atoms with van der Waals surface area (Å²) in [4.78, 5) is 17.0. The molecule has 3 rings (SSSR count). The van der Waals surface area contributed by atoms with Gasteiger partial charge in [-0.25, -0.2) is 4.39 Å². The van der Waals surface area contributed by atoms with Gasteiger partial charge in [0, 0.05) is 18.0 Å². The lowest BCUT2D eigenvalue weighted by Gasteiger charge is -2.15. The highest BCUT2D eigenvalue weighted by molar-refractivity contribution is 6.04. The van der Waals surface area contributed by atoms with Crippen LogP contribution in [-0.2, 0) is 12.8 Å². The number of rotatable bonds is 7. The Bertz CT molecular complexity index is 965. The van der Waals surface area contributed by atoms with Crippen LogP contribution in [0.5, 0.6) is 5.75 Å². The van der Waals surface area contributed by atoms with Gasteiger partial charge in [-0.2, -0.15) is 0 Å². The fourth-order valence-electron chi connectivity index (χ4n) is 3.39. The van der Waals surface area contributed by atoms with Crippen molar-refractivity contribution in [2.75, 3.05) is 7.11 Å². The SMILES string of the molecule is CC.CCCc1cc(C(=O)CC)c(OC)c2ncc(Cc3ccc(F)cc3)cc12. The summed E-state index contributed by atoms with van der Waals surface area (Å²) >= 11 is 0. The number of fused-ring (bicyclic) bond motifs is 1. The Hall–Kier alpha value is -2.75. The smallest absolute Gasteiger partial charge is 0.166 e. The highest BCUT2D eigenvalue weighted by Crippen LogP contribution is 2.33. The van der Waals surface area contributed by atoms with Crippen LogP contribution in [0.1, 0.15) is 67.6 Å². The second-order valence-corrected chi connectivity index (χ2v) is 6.69. The summed E-state index contributed by atoms with van der Waals surface area (Å²) in [6, 6.07) is 10.6. The van der Waals surface area contributed by atoms with E-state index in [0.29, 0.717) is 24.2 Å². The van der Waals surface area contributed by atoms with E-state index >= 15 is 0 Å². The number of pyridine rings is 1. The number of Topliss-reactive ketones (excluding diaryl/α,β-unsaturated/α-hetero) is 1. The Morgan fingerprint density at radius 3 is 2.34 bits per heavy atom. The third-order valence-electron chi connectivity index (χ3n) is 4.74. The summed E-state index contributed by atoms with van der Waals surface area (Å²) in [5, 5.41) is 1.01. The van der Waals surface area contributed by atoms with Crippen molar-refractivity contribution in [2.45, 2.75) is 53.4 Å². The lowest BCUT2D eigenvalue weighted by Crippen LogP contribution is -2.05. The van der Waals surface area contributed by atoms with Gasteiger partial charge in [-0.3, -0.25) is 9.78 Å². The molecule has 0 bridgehead atoms. The van der Waals surface area contributed by atoms with E-state index in [-0.39, 0.29) is 11.6 Å². The Kier molecular flexibility index (Phi) is 8.32. The molecule has 0 saturated carbocycles. The number of carbonyl (C=O) groups is 1. The Morgan fingerprint density at radius 2 is 1.76 bits per heavy atom. The summed E-state index contributed by atoms with van der Waals surface area (Å²) in [7, 11) is 1.58. The van der Waals surface area contributed by atoms with Crippen molar-refractivity contribution in [3.05, 3.63) is 70.7 Å². The van der Waals surface area contributed by atoms with E-state index in [2.05, 4.69) is 18.0 Å². The van der Waals surface area contributed by atoms with Crippen LogP contribution in [0.4, 0.5) is 4.39 Å². The highest BCUT2D eigenvalue weighted by Gasteiger charge is 2.18. The van der Waals surface area contributed by atoms with E-state index in [0.717, 1.165) is 40.4 Å². The third kappa shape index (κ3) is 5.20. The number of ether oxygens (including phenoxy) is 1. The molecular weight excluding hydrogens is 365 g/mol. The lowest BCUT2D eigenvalue weighted by molar-refractivity contribution is 0.0985. The summed E-state index contributed by atoms with van der Waals surface area (Å²) in [6.07, 6.45) is 4.75. The summed E-state index contributed by atoms with van der Waals surface area (Å²) < 4.78 is 18.7. The van der Waals surface area contributed by atoms with Crippen LogP contribution in [0, 0.1) is 5.82 Å². The molecule has 0 aliphatic carbocycles. The van der Waals surface area contributed by atoms with Crippen molar-refractivity contribution >= 4 is 16.7 Å². The molecule has 0 spiro atoms. The summed E-state index contributed by atoms with van der Waals surface area (Å²) in [5.41, 5.74) is 4.51. The maximum Gasteiger partial charge on any atom is 0.166 e. The average Bonchev–Trinajstić information content (AvgIpc) is 2.76. The van der Waals surface area contributed by atoms with E-state index < -0.39 is 0 Å². The molecule has 0 aliphatic heterocycles. The van der Waals surface area contributed by atoms with Crippen molar-refractivity contribution in [1.29, 1.82) is 0 Å². The second kappa shape index (κ2) is 10.7. The van der Waals surface area contributed by atoms with Crippen LogP contribution in [0.2, 0.25) is 0 Å². The third-order valence-corrected chi connectivity index (χ3v) is 4.74. The van der Waals surface area contributed by atoms with Gasteiger partial charge in [0.1, 0.15) is 11.3 Å². The zero-order valence-electron chi connectivity index (χ0n) is 18.0. The van der Waals surface area contributed by atoms with Gasteiger partial charge in [0.15, 0.2) is 11.5 Å². The molecule has 1 heterocycles. The van der Waals surface area contributed by atoms with Crippen LogP contribution in [0.25, 0.3) is 10.9 Å². The van der Waals surface area contributed by atoms with Gasteiger partial charge in [0.25, 0.3) is 0 Å². The molecule has 0 radical (unpaired) electrons. The number of ketones is 1. The lowest BCUT2D eigenvalue weighted by atomic mass is 9.95. The van der Waals surface area contributed by atoms with Gasteiger partial charge in [-0.1, -0.05) is 46.2 Å². The quantitative estimate of drug-likeness (QED) is 0.426. The molecule has 0 amide bonds. The average molecular weight is 396 g/mol. The van der Waals surface area contributed by atoms with E-state index in [1.807, 2.05) is 33.0 Å². The minimum atomic E-state index is -0.238. The van der Waals surface area contributed by atoms with Crippen molar-refractivity contribution < 1.29 is 13.9 Å². The van der Waals surface area contributed by atoms with E-state index in [1.165, 1.54) is 12.1 Å². The molecule has 0 unspecified atom stereocenters. The zero-order chi connectivity index (χ0) is 21.4. The van der Waals surface area contributed by atoms with Gasteiger partial charge in [-0.05, 0) is 53.8 Å². The number of nitrogens with zero attached hydrogens (tertiary/aromatic N) is 1. The van der Waals surface area contributed by atoms with Gasteiger partial charge in [0.05, 0.1) is 12.7 Å². The molecule has 0 aliphatic rings. The molecule has 0 fully saturated rings. The van der Waals surface area contributed by atoms with Crippen LogP contribution < -0.4 is 4.74 Å². The maximum atomic E-state index is 13.1. The molecular formula is C25H30FNO2. The fourth-order valence-corrected chi connectivity index (χ4v) is 3.39. The maximum absolute atomic E-state index is 13.1. The number of aryl methyl sites for hydroxylation is 1. The number of carbonyl (C=O) groups excluding carboxylic acids is 1. The number of aromatic nitrogens is 1. The van der Waals surface area contributed by atoms with E-state index in [1.54, 1.807) is 19.2 Å². The van der Waals surface area contributed by atoms with E-state index in [4.69, 9.17) is 4.74 Å². The summed E-state index contributed by atoms with van der Waals surface area (Å²) in [6.45, 7) is 7.97. The molecule has 1 aromatic heterocycles. The summed E-state index contributed by atoms with van der Waals surface area (Å²) in [5.74, 6) is 0.367. The molecule has 3 nitrogen and oxygen atoms in total. The molecule has 0 saturated heterocycles. The first-order valence-corrected chi connectivity index (χ1v) is 10.3. The standard InChI is InChI=1S/C23H24FNO2.C2H6/c1-4-6-17-13-20(21(26)5-2)23(27-3)22-19(17)12-16(14-25-22)11-15-7-9-18(24)10-8-15;1-2/h7-10,12-14H,4-6,11H2,1-3H3;1-2H3. The number of halogens is 1. The molecule has 3 aromatic rings. The first-order chi connectivity index (χ1) is 14.1. The number of hydrogen-bond acceptors (Lipinski definition) is 3. The van der Waals surface area contributed by atoms with Crippen molar-refractivity contribution in [1.82, 2.24) is 4.98 Å². The predicted octanol–water partition coefficient (Wildman–Crippen LogP) is 6.54. The predicted molar refractivity (Wildman–Crippen MR) is 117 cm³/mol. The van der Waals surface area contributed by atoms with Crippen LogP contribution in [0.15, 0.2) is 42.6 Å². The van der Waals surface area contributed by atoms with Gasteiger partial charge >= 0.3 is 0 Å². The first-order valence-electron chi connectivity index (χ1n) is 10.3. The molecule has 154 valence electrons. The minimum Gasteiger partial charge on any atom is -0.494 e. The monoisotopic (exact) mass is 395 g/mol. The zero-order valence-corrected chi connectivity index (χ0v) is 18.0. The Morgan fingerprint density at radius 1 is 1.07 bits per heavy atom. The fraction of sp³-hybridized carbons (Fsp3) is 0.360. The number of hydrogen-bond donors (Lipinski definition) is 0. The van der Waals surface area contributed by atoms with Crippen molar-refractivity contribution in [2.24, 2.45) is 0 Å². The van der Waals surface area contributed by atoms with Crippen molar-refractivity contribution in [3.8, 4) is 5.75 Å². The number of benzene rings is 2. The molecule has 4 heteroatoms. The minimum absolute atomic E-state index is 0.0586. The molecule has 0 N–H and O–H groups in total. The normalized spacial score (nSPS) is 10.4. The molecule has 2 aromatic carbocycles. The molecule has 29 heavy (non-hydrogen) atoms. The van der Waals surface area contributed by atoms with Crippen molar-refractivity contribution in [3.63, 3.8) is 0 Å². The van der Waals surface area contributed by atoms with Gasteiger partial charge in [0.2, 0.25) is 0 Å².